The number of hydrogen-bond acceptors (Lipinski definition) is 2. The third-order valence-electron chi connectivity index (χ3n) is 3.45. The molecule has 0 aliphatic heterocycles. The van der Waals surface area contributed by atoms with Crippen molar-refractivity contribution in [1.82, 2.24) is 4.57 Å². The summed E-state index contributed by atoms with van der Waals surface area (Å²) >= 11 is 0. The van der Waals surface area contributed by atoms with Crippen molar-refractivity contribution in [3.05, 3.63) is 45.2 Å². The van der Waals surface area contributed by atoms with Gasteiger partial charge in [0.05, 0.1) is 5.52 Å². The first-order valence-electron chi connectivity index (χ1n) is 6.02. The second-order valence-corrected chi connectivity index (χ2v) is 4.63. The van der Waals surface area contributed by atoms with Crippen LogP contribution in [0.4, 0.5) is 8.78 Å². The topological polar surface area (TPSA) is 59.3 Å². The number of fused-ring (bicyclic) bond motifs is 1. The summed E-state index contributed by atoms with van der Waals surface area (Å²) in [5.74, 6) is -3.13. The Morgan fingerprint density at radius 3 is 2.50 bits per heavy atom. The largest absolute Gasteiger partial charge is 0.481 e. The molecule has 20 heavy (non-hydrogen) atoms. The molecule has 0 unspecified atom stereocenters. The Labute approximate surface area is 113 Å². The van der Waals surface area contributed by atoms with Gasteiger partial charge in [0.2, 0.25) is 0 Å². The molecule has 0 radical (unpaired) electrons. The van der Waals surface area contributed by atoms with Gasteiger partial charge in [-0.1, -0.05) is 0 Å². The van der Waals surface area contributed by atoms with Crippen LogP contribution in [0.3, 0.4) is 0 Å². The first kappa shape index (κ1) is 14.2. The molecule has 0 bridgehead atoms. The molecule has 1 aromatic heterocycles. The van der Waals surface area contributed by atoms with Gasteiger partial charge in [-0.15, -0.1) is 0 Å². The molecule has 1 N–H and O–H groups in total. The average molecular weight is 281 g/mol. The quantitative estimate of drug-likeness (QED) is 0.937. The Bertz CT molecular complexity index is 765. The molecule has 0 amide bonds. The predicted molar refractivity (Wildman–Crippen MR) is 69.8 cm³/mol. The molecule has 1 heterocycles. The van der Waals surface area contributed by atoms with Crippen molar-refractivity contribution in [2.45, 2.75) is 19.8 Å². The number of pyridine rings is 1. The van der Waals surface area contributed by atoms with E-state index in [2.05, 4.69) is 0 Å². The minimum absolute atomic E-state index is 0.0531. The Balaban J connectivity index is 2.75. The fourth-order valence-electron chi connectivity index (χ4n) is 2.23. The summed E-state index contributed by atoms with van der Waals surface area (Å²) in [6, 6.07) is 1.83. The van der Waals surface area contributed by atoms with Gasteiger partial charge in [0.25, 0.3) is 0 Å². The van der Waals surface area contributed by atoms with Crippen LogP contribution in [0, 0.1) is 18.6 Å². The van der Waals surface area contributed by atoms with Gasteiger partial charge in [-0.2, -0.15) is 0 Å². The van der Waals surface area contributed by atoms with Gasteiger partial charge in [-0.25, -0.2) is 8.78 Å². The summed E-state index contributed by atoms with van der Waals surface area (Å²) in [6.07, 6.45) is -0.131. The number of rotatable bonds is 3. The fourth-order valence-corrected chi connectivity index (χ4v) is 2.23. The van der Waals surface area contributed by atoms with E-state index in [0.29, 0.717) is 11.3 Å². The van der Waals surface area contributed by atoms with Crippen molar-refractivity contribution < 1.29 is 18.7 Å². The highest BCUT2D eigenvalue weighted by atomic mass is 19.2. The van der Waals surface area contributed by atoms with Crippen molar-refractivity contribution in [3.63, 3.8) is 0 Å². The highest BCUT2D eigenvalue weighted by Crippen LogP contribution is 2.19. The minimum Gasteiger partial charge on any atom is -0.481 e. The Morgan fingerprint density at radius 2 is 1.90 bits per heavy atom. The van der Waals surface area contributed by atoms with Gasteiger partial charge in [0, 0.05) is 36.2 Å². The van der Waals surface area contributed by atoms with Gasteiger partial charge in [-0.3, -0.25) is 9.59 Å². The van der Waals surface area contributed by atoms with Crippen LogP contribution in [-0.4, -0.2) is 15.6 Å². The number of aliphatic carboxylic acids is 1. The summed E-state index contributed by atoms with van der Waals surface area (Å²) < 4.78 is 28.1. The second-order valence-electron chi connectivity index (χ2n) is 4.63. The summed E-state index contributed by atoms with van der Waals surface area (Å²) in [7, 11) is 1.62. The van der Waals surface area contributed by atoms with E-state index in [1.54, 1.807) is 18.5 Å². The maximum atomic E-state index is 13.3. The Kier molecular flexibility index (Phi) is 3.57. The summed E-state index contributed by atoms with van der Waals surface area (Å²) in [6.45, 7) is 1.65. The smallest absolute Gasteiger partial charge is 0.303 e. The van der Waals surface area contributed by atoms with Crippen LogP contribution in [0.15, 0.2) is 16.9 Å². The van der Waals surface area contributed by atoms with Gasteiger partial charge >= 0.3 is 5.97 Å². The minimum atomic E-state index is -1.09. The predicted octanol–water partition coefficient (Wildman–Crippen LogP) is 2.14. The summed E-state index contributed by atoms with van der Waals surface area (Å²) in [5.41, 5.74) is 0.699. The van der Waals surface area contributed by atoms with E-state index < -0.39 is 23.0 Å². The molecular weight excluding hydrogens is 268 g/mol. The van der Waals surface area contributed by atoms with Crippen LogP contribution in [0.25, 0.3) is 10.9 Å². The van der Waals surface area contributed by atoms with Crippen molar-refractivity contribution in [3.8, 4) is 0 Å². The maximum absolute atomic E-state index is 13.3. The van der Waals surface area contributed by atoms with E-state index in [1.807, 2.05) is 0 Å². The molecule has 0 spiro atoms. The molecule has 4 nitrogen and oxygen atoms in total. The first-order chi connectivity index (χ1) is 9.32. The lowest BCUT2D eigenvalue weighted by atomic mass is 10.0. The molecule has 0 aliphatic rings. The van der Waals surface area contributed by atoms with Crippen molar-refractivity contribution in [2.75, 3.05) is 0 Å². The first-order valence-corrected chi connectivity index (χ1v) is 6.02. The van der Waals surface area contributed by atoms with Gasteiger partial charge in [0.1, 0.15) is 0 Å². The van der Waals surface area contributed by atoms with Crippen LogP contribution in [-0.2, 0) is 18.3 Å². The number of aromatic nitrogens is 1. The lowest BCUT2D eigenvalue weighted by molar-refractivity contribution is -0.136. The maximum Gasteiger partial charge on any atom is 0.303 e. The van der Waals surface area contributed by atoms with Crippen molar-refractivity contribution in [1.29, 1.82) is 0 Å². The molecule has 0 saturated heterocycles. The molecule has 0 aliphatic carbocycles. The zero-order valence-electron chi connectivity index (χ0n) is 11.0. The number of carboxylic acids is 1. The summed E-state index contributed by atoms with van der Waals surface area (Å²) in [5, 5.41) is 8.75. The number of halogens is 2. The molecule has 0 saturated carbocycles. The standard InChI is InChI=1S/C14H13F2NO3/c1-7-8(3-4-13(18)19)14(20)9-5-10(15)11(16)6-12(9)17(7)2/h5-6H,3-4H2,1-2H3,(H,18,19). The number of hydrogen-bond donors (Lipinski definition) is 1. The third kappa shape index (κ3) is 2.29. The highest BCUT2D eigenvalue weighted by Gasteiger charge is 2.15. The van der Waals surface area contributed by atoms with E-state index in [4.69, 9.17) is 5.11 Å². The van der Waals surface area contributed by atoms with E-state index in [-0.39, 0.29) is 23.7 Å². The number of carbonyl (C=O) groups is 1. The molecule has 2 aromatic rings. The Morgan fingerprint density at radius 1 is 1.30 bits per heavy atom. The van der Waals surface area contributed by atoms with Gasteiger partial charge in [-0.05, 0) is 19.4 Å². The SMILES string of the molecule is Cc1c(CCC(=O)O)c(=O)c2cc(F)c(F)cc2n1C. The summed E-state index contributed by atoms with van der Waals surface area (Å²) in [4.78, 5) is 22.9. The van der Waals surface area contributed by atoms with E-state index in [0.717, 1.165) is 12.1 Å². The number of benzene rings is 1. The number of nitrogens with zero attached hydrogens (tertiary/aromatic N) is 1. The lowest BCUT2D eigenvalue weighted by Crippen LogP contribution is -2.19. The molecule has 0 atom stereocenters. The van der Waals surface area contributed by atoms with Crippen LogP contribution in [0.1, 0.15) is 17.7 Å². The fraction of sp³-hybridized carbons (Fsp3) is 0.286. The van der Waals surface area contributed by atoms with E-state index in [9.17, 15) is 18.4 Å². The van der Waals surface area contributed by atoms with Crippen LogP contribution in [0.2, 0.25) is 0 Å². The van der Waals surface area contributed by atoms with E-state index in [1.165, 1.54) is 0 Å². The number of carboxylic acid groups (broad SMARTS) is 1. The number of aryl methyl sites for hydroxylation is 1. The van der Waals surface area contributed by atoms with Crippen LogP contribution in [0.5, 0.6) is 0 Å². The highest BCUT2D eigenvalue weighted by molar-refractivity contribution is 5.80. The lowest BCUT2D eigenvalue weighted by Gasteiger charge is -2.14. The van der Waals surface area contributed by atoms with Crippen LogP contribution < -0.4 is 5.43 Å². The monoisotopic (exact) mass is 281 g/mol. The molecule has 106 valence electrons. The second kappa shape index (κ2) is 5.03. The van der Waals surface area contributed by atoms with Gasteiger partial charge < -0.3 is 9.67 Å². The molecule has 6 heteroatoms. The van der Waals surface area contributed by atoms with Crippen molar-refractivity contribution in [2.24, 2.45) is 7.05 Å². The zero-order chi connectivity index (χ0) is 15.0. The van der Waals surface area contributed by atoms with E-state index >= 15 is 0 Å². The Hall–Kier alpha value is -2.24. The van der Waals surface area contributed by atoms with Crippen molar-refractivity contribution >= 4 is 16.9 Å². The zero-order valence-corrected chi connectivity index (χ0v) is 11.0. The third-order valence-corrected chi connectivity index (χ3v) is 3.45. The normalized spacial score (nSPS) is 11.0. The van der Waals surface area contributed by atoms with Gasteiger partial charge in [0.15, 0.2) is 17.1 Å². The molecule has 0 fully saturated rings. The average Bonchev–Trinajstić information content (AvgIpc) is 2.38. The molecule has 1 aromatic carbocycles. The van der Waals surface area contributed by atoms with Crippen LogP contribution >= 0.6 is 0 Å². The molecular formula is C14H13F2NO3. The molecule has 2 rings (SSSR count).